The molecule has 1 aromatic heterocycles. The van der Waals surface area contributed by atoms with Crippen molar-refractivity contribution in [3.63, 3.8) is 0 Å². The number of benzene rings is 1. The van der Waals surface area contributed by atoms with Crippen LogP contribution in [0.1, 0.15) is 24.9 Å². The van der Waals surface area contributed by atoms with Gasteiger partial charge in [0.25, 0.3) is 0 Å². The first kappa shape index (κ1) is 14.0. The first-order valence-corrected chi connectivity index (χ1v) is 8.11. The summed E-state index contributed by atoms with van der Waals surface area (Å²) in [5.74, 6) is 0.646. The fraction of sp³-hybridized carbons (Fsp3) is 0.385. The van der Waals surface area contributed by atoms with Crippen LogP contribution in [0.25, 0.3) is 11.0 Å². The van der Waals surface area contributed by atoms with Gasteiger partial charge in [0.05, 0.1) is 16.6 Å². The van der Waals surface area contributed by atoms with Crippen molar-refractivity contribution in [3.05, 3.63) is 28.5 Å². The maximum atomic E-state index is 11.2. The van der Waals surface area contributed by atoms with Crippen LogP contribution < -0.4 is 0 Å². The number of para-hydroxylation sites is 1. The van der Waals surface area contributed by atoms with Crippen LogP contribution in [0.2, 0.25) is 0 Å². The number of hydrogen-bond donors (Lipinski definition) is 1. The van der Waals surface area contributed by atoms with Gasteiger partial charge in [0.15, 0.2) is 4.77 Å². The highest BCUT2D eigenvalue weighted by Crippen LogP contribution is 2.23. The second-order valence-corrected chi connectivity index (χ2v) is 6.47. The lowest BCUT2D eigenvalue weighted by Crippen LogP contribution is -2.09. The highest BCUT2D eigenvalue weighted by molar-refractivity contribution is 7.84. The molecule has 19 heavy (non-hydrogen) atoms. The van der Waals surface area contributed by atoms with Gasteiger partial charge in [-0.15, -0.1) is 0 Å². The van der Waals surface area contributed by atoms with E-state index in [-0.39, 0.29) is 6.04 Å². The zero-order valence-electron chi connectivity index (χ0n) is 10.8. The maximum Gasteiger partial charge on any atom is 0.178 e. The Kier molecular flexibility index (Phi) is 4.17. The molecule has 0 fully saturated rings. The molecule has 1 aromatic carbocycles. The molecular weight excluding hydrogens is 278 g/mol. The molecule has 0 amide bonds. The summed E-state index contributed by atoms with van der Waals surface area (Å²) in [5.41, 5.74) is 2.30. The molecule has 2 rings (SSSR count). The highest BCUT2D eigenvalue weighted by atomic mass is 32.2. The quantitative estimate of drug-likeness (QED) is 0.882. The van der Waals surface area contributed by atoms with Crippen LogP contribution in [-0.4, -0.2) is 25.8 Å². The van der Waals surface area contributed by atoms with Crippen molar-refractivity contribution in [2.75, 3.05) is 12.0 Å². The largest absolute Gasteiger partial charge is 0.329 e. The molecule has 4 nitrogen and oxygen atoms in total. The summed E-state index contributed by atoms with van der Waals surface area (Å²) in [7, 11) is -0.804. The van der Waals surface area contributed by atoms with E-state index in [9.17, 15) is 4.21 Å². The Hall–Kier alpha value is -1.45. The lowest BCUT2D eigenvalue weighted by atomic mass is 10.2. The van der Waals surface area contributed by atoms with Crippen molar-refractivity contribution in [1.29, 1.82) is 5.26 Å². The minimum atomic E-state index is -0.804. The summed E-state index contributed by atoms with van der Waals surface area (Å²) in [6.07, 6.45) is 2.50. The molecule has 0 saturated carbocycles. The van der Waals surface area contributed by atoms with E-state index >= 15 is 0 Å². The minimum absolute atomic E-state index is 0.152. The van der Waals surface area contributed by atoms with Gasteiger partial charge in [-0.3, -0.25) is 4.21 Å². The van der Waals surface area contributed by atoms with Gasteiger partial charge in [-0.25, -0.2) is 0 Å². The van der Waals surface area contributed by atoms with Crippen LogP contribution in [0.5, 0.6) is 0 Å². The van der Waals surface area contributed by atoms with E-state index in [1.54, 1.807) is 12.3 Å². The number of nitrogens with one attached hydrogen (secondary N) is 1. The number of aromatic amines is 1. The van der Waals surface area contributed by atoms with Crippen molar-refractivity contribution >= 4 is 34.1 Å². The monoisotopic (exact) mass is 293 g/mol. The molecule has 2 unspecified atom stereocenters. The average Bonchev–Trinajstić information content (AvgIpc) is 2.71. The molecule has 0 radical (unpaired) electrons. The Bertz CT molecular complexity index is 724. The lowest BCUT2D eigenvalue weighted by Gasteiger charge is -2.13. The standard InChI is InChI=1S/C13H15N3OS2/c1-9(6-7-19(2)17)16-11-5-3-4-10(8-14)12(11)15-13(16)18/h3-5,9H,6-7H2,1-2H3,(H,15,18). The molecule has 2 atom stereocenters. The van der Waals surface area contributed by atoms with Crippen LogP contribution in [0, 0.1) is 16.1 Å². The van der Waals surface area contributed by atoms with E-state index in [1.165, 1.54) is 0 Å². The normalized spacial score (nSPS) is 14.2. The predicted octanol–water partition coefficient (Wildman–Crippen LogP) is 2.90. The van der Waals surface area contributed by atoms with Gasteiger partial charge >= 0.3 is 0 Å². The van der Waals surface area contributed by atoms with Crippen LogP contribution in [0.4, 0.5) is 0 Å². The van der Waals surface area contributed by atoms with Gasteiger partial charge in [-0.1, -0.05) is 6.07 Å². The van der Waals surface area contributed by atoms with Gasteiger partial charge in [0.2, 0.25) is 0 Å². The Balaban J connectivity index is 2.49. The van der Waals surface area contributed by atoms with Crippen LogP contribution >= 0.6 is 12.2 Å². The van der Waals surface area contributed by atoms with Crippen molar-refractivity contribution in [2.45, 2.75) is 19.4 Å². The third kappa shape index (κ3) is 2.77. The summed E-state index contributed by atoms with van der Waals surface area (Å²) < 4.78 is 13.8. The van der Waals surface area contributed by atoms with E-state index in [0.29, 0.717) is 16.1 Å². The fourth-order valence-corrected chi connectivity index (χ4v) is 3.20. The maximum absolute atomic E-state index is 11.2. The third-order valence-corrected chi connectivity index (χ3v) is 4.25. The van der Waals surface area contributed by atoms with Gasteiger partial charge < -0.3 is 9.55 Å². The number of H-pyrrole nitrogens is 1. The van der Waals surface area contributed by atoms with E-state index in [4.69, 9.17) is 17.5 Å². The number of imidazole rings is 1. The lowest BCUT2D eigenvalue weighted by molar-refractivity contribution is 0.539. The first-order chi connectivity index (χ1) is 9.04. The Morgan fingerprint density at radius 1 is 1.58 bits per heavy atom. The van der Waals surface area contributed by atoms with Crippen LogP contribution in [-0.2, 0) is 10.8 Å². The Morgan fingerprint density at radius 3 is 2.95 bits per heavy atom. The number of nitrogens with zero attached hydrogens (tertiary/aromatic N) is 2. The Morgan fingerprint density at radius 2 is 2.32 bits per heavy atom. The van der Waals surface area contributed by atoms with Crippen LogP contribution in [0.15, 0.2) is 18.2 Å². The van der Waals surface area contributed by atoms with Crippen molar-refractivity contribution in [2.24, 2.45) is 0 Å². The van der Waals surface area contributed by atoms with E-state index in [0.717, 1.165) is 17.5 Å². The fourth-order valence-electron chi connectivity index (χ4n) is 2.15. The summed E-state index contributed by atoms with van der Waals surface area (Å²) in [5, 5.41) is 9.10. The van der Waals surface area contributed by atoms with Gasteiger partial charge in [-0.05, 0) is 37.7 Å². The molecule has 1 heterocycles. The molecule has 6 heteroatoms. The molecule has 0 aliphatic carbocycles. The molecule has 0 bridgehead atoms. The van der Waals surface area contributed by atoms with Gasteiger partial charge in [-0.2, -0.15) is 5.26 Å². The van der Waals surface area contributed by atoms with E-state index in [2.05, 4.69) is 18.0 Å². The van der Waals surface area contributed by atoms with Crippen LogP contribution in [0.3, 0.4) is 0 Å². The zero-order valence-corrected chi connectivity index (χ0v) is 12.5. The number of hydrogen-bond acceptors (Lipinski definition) is 3. The van der Waals surface area contributed by atoms with E-state index < -0.39 is 10.8 Å². The molecule has 0 aliphatic rings. The minimum Gasteiger partial charge on any atom is -0.329 e. The molecule has 1 N–H and O–H groups in total. The summed E-state index contributed by atoms with van der Waals surface area (Å²) in [4.78, 5) is 3.09. The molecule has 0 saturated heterocycles. The smallest absolute Gasteiger partial charge is 0.178 e. The molecule has 0 aliphatic heterocycles. The van der Waals surface area contributed by atoms with Gasteiger partial charge in [0.1, 0.15) is 6.07 Å². The SMILES string of the molecule is CC(CCS(C)=O)n1c(=S)[nH]c2c(C#N)cccc21. The molecular formula is C13H15N3OS2. The molecule has 100 valence electrons. The van der Waals surface area contributed by atoms with Crippen molar-refractivity contribution < 1.29 is 4.21 Å². The number of aromatic nitrogens is 2. The topological polar surface area (TPSA) is 61.6 Å². The molecule has 0 spiro atoms. The first-order valence-electron chi connectivity index (χ1n) is 5.98. The van der Waals surface area contributed by atoms with Crippen molar-refractivity contribution in [1.82, 2.24) is 9.55 Å². The average molecular weight is 293 g/mol. The predicted molar refractivity (Wildman–Crippen MR) is 80.1 cm³/mol. The summed E-state index contributed by atoms with van der Waals surface area (Å²) in [6.45, 7) is 2.05. The summed E-state index contributed by atoms with van der Waals surface area (Å²) in [6, 6.07) is 7.88. The summed E-state index contributed by atoms with van der Waals surface area (Å²) >= 11 is 5.34. The second-order valence-electron chi connectivity index (χ2n) is 4.53. The molecule has 2 aromatic rings. The second kappa shape index (κ2) is 5.68. The number of fused-ring (bicyclic) bond motifs is 1. The Labute approximate surface area is 119 Å². The number of nitriles is 1. The third-order valence-electron chi connectivity index (χ3n) is 3.14. The van der Waals surface area contributed by atoms with Gasteiger partial charge in [0, 0.05) is 28.9 Å². The van der Waals surface area contributed by atoms with E-state index in [1.807, 2.05) is 16.7 Å². The zero-order chi connectivity index (χ0) is 14.0. The number of rotatable bonds is 4. The highest BCUT2D eigenvalue weighted by Gasteiger charge is 2.13. The van der Waals surface area contributed by atoms with Crippen molar-refractivity contribution in [3.8, 4) is 6.07 Å².